The first-order valence-electron chi connectivity index (χ1n) is 16.1. The van der Waals surface area contributed by atoms with Crippen LogP contribution in [-0.4, -0.2) is 112 Å². The van der Waals surface area contributed by atoms with Crippen LogP contribution >= 0.6 is 0 Å². The van der Waals surface area contributed by atoms with Crippen molar-refractivity contribution in [3.8, 4) is 0 Å². The molecule has 2 aliphatic rings. The Balaban J connectivity index is 0.00000441. The second-order valence-electron chi connectivity index (χ2n) is 14.5. The minimum Gasteiger partial charge on any atom is -1.00 e. The van der Waals surface area contributed by atoms with Crippen molar-refractivity contribution < 1.29 is 114 Å². The number of hydrogen-bond donors (Lipinski definition) is 0. The van der Waals surface area contributed by atoms with Crippen LogP contribution in [0.2, 0.25) is 0 Å². The molecule has 0 amide bonds. The Bertz CT molecular complexity index is 896. The molecule has 2 heterocycles. The minimum atomic E-state index is 0. The zero-order valence-corrected chi connectivity index (χ0v) is 36.1. The smallest absolute Gasteiger partial charge is 0.129 e. The molecule has 0 unspecified atom stereocenters. The summed E-state index contributed by atoms with van der Waals surface area (Å²) in [6, 6.07) is 22.2. The zero-order chi connectivity index (χ0) is 27.7. The normalized spacial score (nSPS) is 28.4. The molecular formula is C35H60I4N4. The van der Waals surface area contributed by atoms with E-state index in [1.165, 1.54) is 153 Å². The van der Waals surface area contributed by atoms with Gasteiger partial charge in [-0.1, -0.05) is 79.9 Å². The van der Waals surface area contributed by atoms with Crippen LogP contribution in [0.25, 0.3) is 0 Å². The molecule has 2 aromatic rings. The fourth-order valence-corrected chi connectivity index (χ4v) is 7.06. The molecule has 0 bridgehead atoms. The van der Waals surface area contributed by atoms with E-state index in [-0.39, 0.29) is 95.9 Å². The molecule has 2 saturated heterocycles. The summed E-state index contributed by atoms with van der Waals surface area (Å²) in [5.41, 5.74) is 2.98. The quantitative estimate of drug-likeness (QED) is 0.101. The van der Waals surface area contributed by atoms with Gasteiger partial charge in [0.05, 0.1) is 41.3 Å². The van der Waals surface area contributed by atoms with E-state index in [2.05, 4.69) is 88.9 Å². The number of nitrogens with zero attached hydrogens (tertiary/aromatic N) is 4. The summed E-state index contributed by atoms with van der Waals surface area (Å²) in [6.07, 6.45) is 9.98. The van der Waals surface area contributed by atoms with Crippen LogP contribution in [0.4, 0.5) is 0 Å². The van der Waals surface area contributed by atoms with Gasteiger partial charge in [-0.25, -0.2) is 0 Å². The highest BCUT2D eigenvalue weighted by Crippen LogP contribution is 2.22. The molecule has 0 N–H and O–H groups in total. The largest absolute Gasteiger partial charge is 1.00 e. The molecule has 4 nitrogen and oxygen atoms in total. The van der Waals surface area contributed by atoms with Crippen molar-refractivity contribution in [2.45, 2.75) is 58.0 Å². The molecule has 2 aromatic carbocycles. The van der Waals surface area contributed by atoms with Crippen molar-refractivity contribution >= 4 is 0 Å². The van der Waals surface area contributed by atoms with Crippen LogP contribution < -0.4 is 95.9 Å². The highest BCUT2D eigenvalue weighted by molar-refractivity contribution is 5.14. The van der Waals surface area contributed by atoms with Crippen LogP contribution in [0.5, 0.6) is 0 Å². The Morgan fingerprint density at radius 2 is 0.628 bits per heavy atom. The molecule has 0 aliphatic carbocycles. The Labute approximate surface area is 333 Å². The summed E-state index contributed by atoms with van der Waals surface area (Å²) in [6.45, 7) is 15.7. The number of piperazine rings is 2. The highest BCUT2D eigenvalue weighted by atomic mass is 127. The van der Waals surface area contributed by atoms with Gasteiger partial charge in [-0.15, -0.1) is 0 Å². The van der Waals surface area contributed by atoms with Crippen LogP contribution in [0.15, 0.2) is 60.7 Å². The number of unbranched alkanes of at least 4 members (excludes halogenated alkanes) is 6. The van der Waals surface area contributed by atoms with Gasteiger partial charge in [0.25, 0.3) is 0 Å². The number of hydrogen-bond acceptors (Lipinski definition) is 0. The first kappa shape index (κ1) is 44.2. The summed E-state index contributed by atoms with van der Waals surface area (Å²) in [7, 11) is 9.96. The fourth-order valence-electron chi connectivity index (χ4n) is 7.06. The lowest BCUT2D eigenvalue weighted by molar-refractivity contribution is -1.02. The average Bonchev–Trinajstić information content (AvgIpc) is 2.93. The fraction of sp³-hybridized carbons (Fsp3) is 0.657. The number of halogens is 4. The summed E-state index contributed by atoms with van der Waals surface area (Å²) in [5.74, 6) is 0. The maximum atomic E-state index is 2.51. The zero-order valence-electron chi connectivity index (χ0n) is 27.5. The van der Waals surface area contributed by atoms with Gasteiger partial charge in [-0.2, -0.15) is 0 Å². The van der Waals surface area contributed by atoms with Crippen LogP contribution in [-0.2, 0) is 13.1 Å². The SMILES string of the molecule is C[N+]1(CCCCCCCCC[N+]2(C)CC[N+](C)(Cc3ccccc3)CC2)CC[N+](C)(Cc2ccccc2)CC1.[I-].[I-].[I-].[I-]. The van der Waals surface area contributed by atoms with Crippen molar-refractivity contribution in [1.82, 2.24) is 0 Å². The topological polar surface area (TPSA) is 0 Å². The van der Waals surface area contributed by atoms with Gasteiger partial charge in [0.15, 0.2) is 0 Å². The molecule has 0 aromatic heterocycles. The Kier molecular flexibility index (Phi) is 21.8. The molecule has 248 valence electrons. The first-order valence-corrected chi connectivity index (χ1v) is 16.1. The number of benzene rings is 2. The monoisotopic (exact) mass is 1040 g/mol. The highest BCUT2D eigenvalue weighted by Gasteiger charge is 2.37. The summed E-state index contributed by atoms with van der Waals surface area (Å²) >= 11 is 0. The summed E-state index contributed by atoms with van der Waals surface area (Å²) in [5, 5.41) is 0. The van der Waals surface area contributed by atoms with Crippen molar-refractivity contribution in [3.63, 3.8) is 0 Å². The molecule has 43 heavy (non-hydrogen) atoms. The molecule has 0 saturated carbocycles. The van der Waals surface area contributed by atoms with Gasteiger partial charge >= 0.3 is 0 Å². The van der Waals surface area contributed by atoms with Crippen LogP contribution in [0.3, 0.4) is 0 Å². The number of likely N-dealkylation sites (N-methyl/N-ethyl adjacent to an activating group) is 4. The predicted molar refractivity (Wildman–Crippen MR) is 166 cm³/mol. The van der Waals surface area contributed by atoms with E-state index in [9.17, 15) is 0 Å². The van der Waals surface area contributed by atoms with Crippen molar-refractivity contribution in [2.75, 3.05) is 93.6 Å². The molecule has 8 heteroatoms. The Morgan fingerprint density at radius 1 is 0.372 bits per heavy atom. The van der Waals surface area contributed by atoms with Gasteiger partial charge in [-0.3, -0.25) is 0 Å². The van der Waals surface area contributed by atoms with E-state index in [4.69, 9.17) is 0 Å². The molecular weight excluding hydrogens is 984 g/mol. The summed E-state index contributed by atoms with van der Waals surface area (Å²) < 4.78 is 5.01. The second-order valence-corrected chi connectivity index (χ2v) is 14.5. The Morgan fingerprint density at radius 3 is 0.930 bits per heavy atom. The Hall–Kier alpha value is 1.20. The van der Waals surface area contributed by atoms with Crippen molar-refractivity contribution in [1.29, 1.82) is 0 Å². The van der Waals surface area contributed by atoms with E-state index < -0.39 is 0 Å². The van der Waals surface area contributed by atoms with Crippen LogP contribution in [0, 0.1) is 0 Å². The number of rotatable bonds is 14. The van der Waals surface area contributed by atoms with Crippen LogP contribution in [0.1, 0.15) is 56.1 Å². The standard InChI is InChI=1S/C35H60N4.4HI/c1-36(24-28-38(3,29-25-36)32-34-18-12-10-13-19-34)22-16-8-6-5-7-9-17-23-37(2)26-30-39(4,31-27-37)33-35-20-14-11-15-21-35;;;;/h10-15,18-21H,5-9,16-17,22-33H2,1-4H3;4*1H/q+4;;;;/p-4. The molecule has 0 atom stereocenters. The van der Waals surface area contributed by atoms with Gasteiger partial charge in [-0.05, 0) is 25.7 Å². The van der Waals surface area contributed by atoms with Gasteiger partial charge in [0.1, 0.15) is 65.4 Å². The van der Waals surface area contributed by atoms with Gasteiger partial charge < -0.3 is 114 Å². The van der Waals surface area contributed by atoms with E-state index in [1.54, 1.807) is 0 Å². The molecule has 2 aliphatic heterocycles. The van der Waals surface area contributed by atoms with E-state index >= 15 is 0 Å². The first-order chi connectivity index (χ1) is 18.7. The van der Waals surface area contributed by atoms with E-state index in [0.717, 1.165) is 0 Å². The lowest BCUT2D eigenvalue weighted by atomic mass is 10.1. The van der Waals surface area contributed by atoms with E-state index in [1.807, 2.05) is 0 Å². The second kappa shape index (κ2) is 21.2. The third-order valence-corrected chi connectivity index (χ3v) is 10.4. The van der Waals surface area contributed by atoms with Crippen molar-refractivity contribution in [2.24, 2.45) is 0 Å². The predicted octanol–water partition coefficient (Wildman–Crippen LogP) is -6.05. The maximum Gasteiger partial charge on any atom is 0.129 e. The van der Waals surface area contributed by atoms with Crippen molar-refractivity contribution in [3.05, 3.63) is 71.8 Å². The maximum absolute atomic E-state index is 2.51. The lowest BCUT2D eigenvalue weighted by Crippen LogP contribution is -3.00. The molecule has 0 radical (unpaired) electrons. The molecule has 0 spiro atoms. The lowest BCUT2D eigenvalue weighted by Gasteiger charge is -2.46. The minimum absolute atomic E-state index is 0. The van der Waals surface area contributed by atoms with Gasteiger partial charge in [0.2, 0.25) is 0 Å². The summed E-state index contributed by atoms with van der Waals surface area (Å²) in [4.78, 5) is 0. The molecule has 2 fully saturated rings. The third-order valence-electron chi connectivity index (χ3n) is 10.4. The van der Waals surface area contributed by atoms with E-state index in [0.29, 0.717) is 0 Å². The van der Waals surface area contributed by atoms with Gasteiger partial charge in [0, 0.05) is 11.1 Å². The third kappa shape index (κ3) is 15.3. The molecule has 4 rings (SSSR count). The number of quaternary nitrogens is 4. The average molecular weight is 1040 g/mol.